The number of morpholine rings is 1. The fraction of sp³-hybridized carbons (Fsp3) is 0.462. The zero-order valence-corrected chi connectivity index (χ0v) is 13.2. The zero-order chi connectivity index (χ0) is 15.0. The number of methoxy groups -OCH3 is 1. The van der Waals surface area contributed by atoms with E-state index in [4.69, 9.17) is 21.1 Å². The van der Waals surface area contributed by atoms with Crippen molar-refractivity contribution < 1.29 is 14.3 Å². The summed E-state index contributed by atoms with van der Waals surface area (Å²) in [6, 6.07) is 2.01. The van der Waals surface area contributed by atoms with E-state index in [0.29, 0.717) is 28.5 Å². The predicted molar refractivity (Wildman–Crippen MR) is 81.4 cm³/mol. The molecular weight excluding hydrogens is 314 g/mol. The molecule has 1 atom stereocenters. The Balaban J connectivity index is 2.10. The van der Waals surface area contributed by atoms with E-state index in [0.717, 1.165) is 23.9 Å². The molecule has 0 amide bonds. The average molecular weight is 328 g/mol. The van der Waals surface area contributed by atoms with Gasteiger partial charge >= 0.3 is 5.97 Å². The fourth-order valence-corrected chi connectivity index (χ4v) is 3.33. The predicted octanol–water partition coefficient (Wildman–Crippen LogP) is 2.36. The van der Waals surface area contributed by atoms with Crippen LogP contribution in [-0.4, -0.2) is 48.2 Å². The van der Waals surface area contributed by atoms with Gasteiger partial charge in [-0.15, -0.1) is 0 Å². The van der Waals surface area contributed by atoms with Crippen LogP contribution in [0.5, 0.6) is 0 Å². The molecule has 1 aliphatic heterocycles. The van der Waals surface area contributed by atoms with E-state index in [1.807, 2.05) is 6.07 Å². The van der Waals surface area contributed by atoms with Crippen molar-refractivity contribution in [2.24, 2.45) is 0 Å². The Morgan fingerprint density at radius 1 is 1.62 bits per heavy atom. The van der Waals surface area contributed by atoms with Crippen molar-refractivity contribution in [1.82, 2.24) is 9.36 Å². The third kappa shape index (κ3) is 2.56. The first-order valence-electron chi connectivity index (χ1n) is 6.50. The lowest BCUT2D eigenvalue weighted by Crippen LogP contribution is -2.44. The van der Waals surface area contributed by atoms with E-state index in [9.17, 15) is 4.79 Å². The molecule has 3 heterocycles. The highest BCUT2D eigenvalue weighted by molar-refractivity contribution is 7.14. The number of anilines is 1. The Labute approximate surface area is 130 Å². The molecule has 1 saturated heterocycles. The molecule has 6 nitrogen and oxygen atoms in total. The lowest BCUT2D eigenvalue weighted by molar-refractivity contribution is 0.0597. The molecule has 1 aliphatic rings. The number of hydrogen-bond acceptors (Lipinski definition) is 7. The number of rotatable bonds is 2. The molecule has 0 aromatic carbocycles. The molecule has 0 N–H and O–H groups in total. The summed E-state index contributed by atoms with van der Waals surface area (Å²) in [7, 11) is 1.32. The van der Waals surface area contributed by atoms with E-state index in [1.54, 1.807) is 0 Å². The molecule has 0 aliphatic carbocycles. The lowest BCUT2D eigenvalue weighted by Gasteiger charge is -2.34. The number of pyridine rings is 1. The molecule has 0 bridgehead atoms. The van der Waals surface area contributed by atoms with E-state index in [2.05, 4.69) is 21.2 Å². The van der Waals surface area contributed by atoms with E-state index in [1.165, 1.54) is 7.11 Å². The largest absolute Gasteiger partial charge is 0.464 e. The van der Waals surface area contributed by atoms with Gasteiger partial charge in [0.15, 0.2) is 5.69 Å². The van der Waals surface area contributed by atoms with Gasteiger partial charge in [0.1, 0.15) is 11.3 Å². The van der Waals surface area contributed by atoms with Gasteiger partial charge in [-0.25, -0.2) is 9.78 Å². The van der Waals surface area contributed by atoms with Gasteiger partial charge < -0.3 is 14.4 Å². The highest BCUT2D eigenvalue weighted by atomic mass is 35.5. The summed E-state index contributed by atoms with van der Waals surface area (Å²) in [6.07, 6.45) is 0. The molecule has 2 aromatic rings. The highest BCUT2D eigenvalue weighted by Crippen LogP contribution is 2.33. The van der Waals surface area contributed by atoms with Crippen LogP contribution in [0.1, 0.15) is 17.4 Å². The van der Waals surface area contributed by atoms with Crippen molar-refractivity contribution in [1.29, 1.82) is 0 Å². The second-order valence-corrected chi connectivity index (χ2v) is 5.96. The van der Waals surface area contributed by atoms with Gasteiger partial charge in [-0.05, 0) is 18.5 Å². The molecule has 0 unspecified atom stereocenters. The Hall–Kier alpha value is -1.44. The first kappa shape index (κ1) is 14.5. The molecule has 3 rings (SSSR count). The van der Waals surface area contributed by atoms with Crippen LogP contribution in [0.3, 0.4) is 0 Å². The van der Waals surface area contributed by atoms with Crippen LogP contribution in [0.25, 0.3) is 10.2 Å². The minimum atomic E-state index is -0.503. The Morgan fingerprint density at radius 3 is 3.14 bits per heavy atom. The van der Waals surface area contributed by atoms with Crippen molar-refractivity contribution in [3.05, 3.63) is 16.8 Å². The summed E-state index contributed by atoms with van der Waals surface area (Å²) >= 11 is 7.46. The number of carbonyl (C=O) groups is 1. The summed E-state index contributed by atoms with van der Waals surface area (Å²) in [5.74, 6) is 0.227. The first-order valence-corrected chi connectivity index (χ1v) is 7.65. The second kappa shape index (κ2) is 5.75. The number of hydrogen-bond donors (Lipinski definition) is 0. The third-order valence-corrected chi connectivity index (χ3v) is 4.69. The minimum Gasteiger partial charge on any atom is -0.464 e. The summed E-state index contributed by atoms with van der Waals surface area (Å²) in [6.45, 7) is 4.09. The molecule has 1 fully saturated rings. The Morgan fingerprint density at radius 2 is 2.43 bits per heavy atom. The van der Waals surface area contributed by atoms with Crippen LogP contribution >= 0.6 is 23.1 Å². The number of carbonyl (C=O) groups excluding carboxylic acids is 1. The second-order valence-electron chi connectivity index (χ2n) is 4.78. The van der Waals surface area contributed by atoms with Gasteiger partial charge in [-0.3, -0.25) is 0 Å². The minimum absolute atomic E-state index is 0.202. The summed E-state index contributed by atoms with van der Waals surface area (Å²) in [5, 5.41) is 0.543. The standard InChI is InChI=1S/C13H14ClN3O3S/c1-7-6-20-4-3-17(7)9-5-8(14)12-10(15-9)11(16-21-12)13(18)19-2/h5,7H,3-4,6H2,1-2H3/t7-/m1/s1. The van der Waals surface area contributed by atoms with Gasteiger partial charge in [0.2, 0.25) is 0 Å². The van der Waals surface area contributed by atoms with Crippen LogP contribution in [0.2, 0.25) is 5.02 Å². The van der Waals surface area contributed by atoms with Crippen LogP contribution in [0, 0.1) is 0 Å². The SMILES string of the molecule is COC(=O)c1nsc2c(Cl)cc(N3CCOC[C@H]3C)nc12. The Kier molecular flexibility index (Phi) is 3.97. The van der Waals surface area contributed by atoms with Crippen LogP contribution in [0.4, 0.5) is 5.82 Å². The van der Waals surface area contributed by atoms with Crippen molar-refractivity contribution in [2.45, 2.75) is 13.0 Å². The molecule has 21 heavy (non-hydrogen) atoms. The molecule has 2 aromatic heterocycles. The zero-order valence-electron chi connectivity index (χ0n) is 11.6. The quantitative estimate of drug-likeness (QED) is 0.789. The van der Waals surface area contributed by atoms with Crippen molar-refractivity contribution in [3.8, 4) is 0 Å². The van der Waals surface area contributed by atoms with Crippen molar-refractivity contribution in [2.75, 3.05) is 31.8 Å². The maximum Gasteiger partial charge on any atom is 0.360 e. The van der Waals surface area contributed by atoms with E-state index < -0.39 is 5.97 Å². The van der Waals surface area contributed by atoms with Gasteiger partial charge in [0.25, 0.3) is 0 Å². The van der Waals surface area contributed by atoms with E-state index in [-0.39, 0.29) is 11.7 Å². The molecule has 112 valence electrons. The van der Waals surface area contributed by atoms with Crippen LogP contribution < -0.4 is 4.90 Å². The van der Waals surface area contributed by atoms with Gasteiger partial charge in [0.05, 0.1) is 36.1 Å². The van der Waals surface area contributed by atoms with Crippen LogP contribution in [0.15, 0.2) is 6.07 Å². The van der Waals surface area contributed by atoms with Crippen LogP contribution in [-0.2, 0) is 9.47 Å². The average Bonchev–Trinajstić information content (AvgIpc) is 2.91. The molecule has 8 heteroatoms. The molecule has 0 spiro atoms. The molecular formula is C13H14ClN3O3S. The molecule has 0 saturated carbocycles. The number of halogens is 1. The monoisotopic (exact) mass is 327 g/mol. The maximum absolute atomic E-state index is 11.8. The molecule has 0 radical (unpaired) electrons. The van der Waals surface area contributed by atoms with Gasteiger partial charge in [0, 0.05) is 12.6 Å². The maximum atomic E-state index is 11.8. The fourth-order valence-electron chi connectivity index (χ4n) is 2.32. The Bertz CT molecular complexity index is 691. The normalized spacial score (nSPS) is 19.0. The third-order valence-electron chi connectivity index (χ3n) is 3.41. The van der Waals surface area contributed by atoms with Gasteiger partial charge in [-0.1, -0.05) is 11.6 Å². The summed E-state index contributed by atoms with van der Waals surface area (Å²) < 4.78 is 15.0. The number of esters is 1. The highest BCUT2D eigenvalue weighted by Gasteiger charge is 2.24. The first-order chi connectivity index (χ1) is 10.1. The van der Waals surface area contributed by atoms with Gasteiger partial charge in [-0.2, -0.15) is 4.37 Å². The number of nitrogens with zero attached hydrogens (tertiary/aromatic N) is 3. The number of fused-ring (bicyclic) bond motifs is 1. The topological polar surface area (TPSA) is 64.5 Å². The lowest BCUT2D eigenvalue weighted by atomic mass is 10.2. The van der Waals surface area contributed by atoms with E-state index >= 15 is 0 Å². The van der Waals surface area contributed by atoms with Crippen molar-refractivity contribution in [3.63, 3.8) is 0 Å². The number of ether oxygens (including phenoxy) is 2. The number of aromatic nitrogens is 2. The van der Waals surface area contributed by atoms with Crippen molar-refractivity contribution >= 4 is 45.1 Å². The smallest absolute Gasteiger partial charge is 0.360 e. The summed E-state index contributed by atoms with van der Waals surface area (Å²) in [4.78, 5) is 18.4. The summed E-state index contributed by atoms with van der Waals surface area (Å²) in [5.41, 5.74) is 0.704.